The van der Waals surface area contributed by atoms with Crippen molar-refractivity contribution in [3.05, 3.63) is 86.8 Å². The highest BCUT2D eigenvalue weighted by Gasteiger charge is 2.20. The maximum absolute atomic E-state index is 12.5. The quantitative estimate of drug-likeness (QED) is 0.321. The zero-order valence-corrected chi connectivity index (χ0v) is 16.9. The fraction of sp³-hybridized carbons (Fsp3) is 0.143. The number of hydrogen-bond acceptors (Lipinski definition) is 8. The molecule has 1 aromatic heterocycles. The number of hydrogen-bond donors (Lipinski definition) is 1. The predicted molar refractivity (Wildman–Crippen MR) is 113 cm³/mol. The van der Waals surface area contributed by atoms with Gasteiger partial charge in [0.05, 0.1) is 23.3 Å². The molecule has 0 spiro atoms. The van der Waals surface area contributed by atoms with Crippen LogP contribution in [0.1, 0.15) is 17.4 Å². The number of nitrogens with one attached hydrogen (secondary N) is 1. The van der Waals surface area contributed by atoms with Crippen molar-refractivity contribution in [3.63, 3.8) is 0 Å². The van der Waals surface area contributed by atoms with Crippen LogP contribution in [0.15, 0.2) is 65.5 Å². The summed E-state index contributed by atoms with van der Waals surface area (Å²) >= 11 is 0. The minimum absolute atomic E-state index is 0.0672. The first kappa shape index (κ1) is 22.2. The Morgan fingerprint density at radius 2 is 1.88 bits per heavy atom. The highest BCUT2D eigenvalue weighted by atomic mass is 16.6. The third kappa shape index (κ3) is 5.33. The lowest BCUT2D eigenvalue weighted by atomic mass is 10.3. The number of carbonyl (C=O) groups is 2. The molecule has 0 fully saturated rings. The molecule has 0 aliphatic carbocycles. The van der Waals surface area contributed by atoms with E-state index in [0.717, 1.165) is 10.7 Å². The van der Waals surface area contributed by atoms with E-state index in [1.54, 1.807) is 37.3 Å². The van der Waals surface area contributed by atoms with Crippen LogP contribution < -0.4 is 15.6 Å². The molecule has 1 N–H and O–H groups in total. The van der Waals surface area contributed by atoms with Gasteiger partial charge in [0.2, 0.25) is 5.69 Å². The van der Waals surface area contributed by atoms with Crippen LogP contribution in [-0.2, 0) is 9.53 Å². The summed E-state index contributed by atoms with van der Waals surface area (Å²) in [6.45, 7) is 1.10. The summed E-state index contributed by atoms with van der Waals surface area (Å²) in [6, 6.07) is 14.8. The van der Waals surface area contributed by atoms with Crippen LogP contribution in [0.4, 0.5) is 11.4 Å². The topological polar surface area (TPSA) is 143 Å². The van der Waals surface area contributed by atoms with E-state index in [-0.39, 0.29) is 29.4 Å². The summed E-state index contributed by atoms with van der Waals surface area (Å²) in [6.07, 6.45) is 0. The van der Waals surface area contributed by atoms with Crippen LogP contribution in [0, 0.1) is 10.1 Å². The first-order valence-corrected chi connectivity index (χ1v) is 9.43. The number of aromatic nitrogens is 2. The number of benzene rings is 2. The van der Waals surface area contributed by atoms with E-state index >= 15 is 0 Å². The molecule has 0 saturated carbocycles. The highest BCUT2D eigenvalue weighted by molar-refractivity contribution is 5.93. The van der Waals surface area contributed by atoms with Crippen LogP contribution in [0.25, 0.3) is 5.69 Å². The van der Waals surface area contributed by atoms with Gasteiger partial charge in [-0.3, -0.25) is 19.7 Å². The second-order valence-corrected chi connectivity index (χ2v) is 6.31. The van der Waals surface area contributed by atoms with Gasteiger partial charge < -0.3 is 14.8 Å². The van der Waals surface area contributed by atoms with Gasteiger partial charge in [-0.15, -0.1) is 0 Å². The molecule has 0 aliphatic rings. The Labute approximate surface area is 181 Å². The molecule has 0 saturated heterocycles. The largest absolute Gasteiger partial charge is 0.481 e. The standard InChI is InChI=1S/C21H18N4O7/c1-2-31-21(28)20-17(12-19(27)24(23-20)15-8-4-3-5-9-15)32-13-18(26)22-14-7-6-10-16(11-14)25(29)30/h3-12H,2,13H2,1H3,(H,22,26). The smallest absolute Gasteiger partial charge is 0.362 e. The lowest BCUT2D eigenvalue weighted by Crippen LogP contribution is -2.27. The molecule has 0 aliphatic heterocycles. The van der Waals surface area contributed by atoms with Crippen molar-refractivity contribution < 1.29 is 24.0 Å². The third-order valence-electron chi connectivity index (χ3n) is 4.07. The fourth-order valence-corrected chi connectivity index (χ4v) is 2.68. The minimum Gasteiger partial charge on any atom is -0.481 e. The summed E-state index contributed by atoms with van der Waals surface area (Å²) < 4.78 is 11.4. The summed E-state index contributed by atoms with van der Waals surface area (Å²) in [5.74, 6) is -1.71. The predicted octanol–water partition coefficient (Wildman–Crippen LogP) is 2.33. The van der Waals surface area contributed by atoms with Crippen molar-refractivity contribution in [1.29, 1.82) is 0 Å². The number of ether oxygens (including phenoxy) is 2. The number of anilines is 1. The molecule has 164 valence electrons. The molecular weight excluding hydrogens is 420 g/mol. The molecule has 1 heterocycles. The average Bonchev–Trinajstić information content (AvgIpc) is 2.78. The Hall–Kier alpha value is -4.54. The number of esters is 1. The van der Waals surface area contributed by atoms with Crippen LogP contribution in [-0.4, -0.2) is 39.8 Å². The first-order valence-electron chi connectivity index (χ1n) is 9.43. The van der Waals surface area contributed by atoms with Gasteiger partial charge in [-0.2, -0.15) is 9.78 Å². The second-order valence-electron chi connectivity index (χ2n) is 6.31. The Balaban J connectivity index is 1.82. The molecule has 0 unspecified atom stereocenters. The highest BCUT2D eigenvalue weighted by Crippen LogP contribution is 2.18. The van der Waals surface area contributed by atoms with Gasteiger partial charge in [0.25, 0.3) is 17.2 Å². The second kappa shape index (κ2) is 9.98. The molecule has 3 rings (SSSR count). The fourth-order valence-electron chi connectivity index (χ4n) is 2.68. The minimum atomic E-state index is -0.828. The molecule has 1 amide bonds. The van der Waals surface area contributed by atoms with E-state index in [0.29, 0.717) is 5.69 Å². The van der Waals surface area contributed by atoms with Gasteiger partial charge in [0.15, 0.2) is 12.4 Å². The average molecular weight is 438 g/mol. The third-order valence-corrected chi connectivity index (χ3v) is 4.07. The van der Waals surface area contributed by atoms with E-state index in [1.807, 2.05) is 0 Å². The summed E-state index contributed by atoms with van der Waals surface area (Å²) in [5.41, 5.74) is -0.437. The number of para-hydroxylation sites is 1. The number of nitrogens with zero attached hydrogens (tertiary/aromatic N) is 3. The van der Waals surface area contributed by atoms with Gasteiger partial charge in [0.1, 0.15) is 0 Å². The van der Waals surface area contributed by atoms with Gasteiger partial charge in [-0.1, -0.05) is 24.3 Å². The molecule has 3 aromatic rings. The molecule has 0 atom stereocenters. The molecule has 11 nitrogen and oxygen atoms in total. The monoisotopic (exact) mass is 438 g/mol. The van der Waals surface area contributed by atoms with E-state index < -0.39 is 29.0 Å². The van der Waals surface area contributed by atoms with Crippen LogP contribution in [0.2, 0.25) is 0 Å². The van der Waals surface area contributed by atoms with Gasteiger partial charge in [-0.25, -0.2) is 4.79 Å². The zero-order valence-electron chi connectivity index (χ0n) is 16.9. The van der Waals surface area contributed by atoms with Crippen molar-refractivity contribution in [2.75, 3.05) is 18.5 Å². The maximum Gasteiger partial charge on any atom is 0.362 e. The van der Waals surface area contributed by atoms with Crippen molar-refractivity contribution in [2.45, 2.75) is 6.92 Å². The molecular formula is C21H18N4O7. The Kier molecular flexibility index (Phi) is 6.91. The van der Waals surface area contributed by atoms with E-state index in [1.165, 1.54) is 24.3 Å². The van der Waals surface area contributed by atoms with Crippen molar-refractivity contribution in [1.82, 2.24) is 9.78 Å². The van der Waals surface area contributed by atoms with Crippen LogP contribution in [0.5, 0.6) is 5.75 Å². The van der Waals surface area contributed by atoms with Crippen molar-refractivity contribution >= 4 is 23.3 Å². The SMILES string of the molecule is CCOC(=O)c1nn(-c2ccccc2)c(=O)cc1OCC(=O)Nc1cccc([N+](=O)[O-])c1. The molecule has 2 aromatic carbocycles. The van der Waals surface area contributed by atoms with E-state index in [2.05, 4.69) is 10.4 Å². The first-order chi connectivity index (χ1) is 15.4. The van der Waals surface area contributed by atoms with Crippen molar-refractivity contribution in [2.24, 2.45) is 0 Å². The molecule has 0 radical (unpaired) electrons. The zero-order chi connectivity index (χ0) is 23.1. The molecule has 0 bridgehead atoms. The number of rotatable bonds is 8. The summed E-state index contributed by atoms with van der Waals surface area (Å²) in [5, 5.41) is 17.3. The Bertz CT molecular complexity index is 1210. The normalized spacial score (nSPS) is 10.3. The lowest BCUT2D eigenvalue weighted by Gasteiger charge is -2.12. The Morgan fingerprint density at radius 3 is 2.56 bits per heavy atom. The number of non-ortho nitro benzene ring substituents is 1. The molecule has 11 heteroatoms. The number of carbonyl (C=O) groups excluding carboxylic acids is 2. The van der Waals surface area contributed by atoms with Crippen LogP contribution in [0.3, 0.4) is 0 Å². The van der Waals surface area contributed by atoms with Gasteiger partial charge in [0, 0.05) is 17.8 Å². The number of nitro groups is 1. The van der Waals surface area contributed by atoms with Gasteiger partial charge in [-0.05, 0) is 25.1 Å². The molecule has 32 heavy (non-hydrogen) atoms. The summed E-state index contributed by atoms with van der Waals surface area (Å²) in [7, 11) is 0. The van der Waals surface area contributed by atoms with Crippen molar-refractivity contribution in [3.8, 4) is 11.4 Å². The summed E-state index contributed by atoms with van der Waals surface area (Å²) in [4.78, 5) is 47.3. The number of nitro benzene ring substituents is 1. The number of amides is 1. The Morgan fingerprint density at radius 1 is 1.12 bits per heavy atom. The van der Waals surface area contributed by atoms with E-state index in [4.69, 9.17) is 9.47 Å². The van der Waals surface area contributed by atoms with E-state index in [9.17, 15) is 24.5 Å². The lowest BCUT2D eigenvalue weighted by molar-refractivity contribution is -0.384. The maximum atomic E-state index is 12.5. The van der Waals surface area contributed by atoms with Crippen LogP contribution >= 0.6 is 0 Å². The van der Waals surface area contributed by atoms with Gasteiger partial charge >= 0.3 is 5.97 Å².